The van der Waals surface area contributed by atoms with Crippen molar-refractivity contribution in [3.63, 3.8) is 0 Å². The molecule has 1 aliphatic heterocycles. The van der Waals surface area contributed by atoms with Crippen molar-refractivity contribution in [2.75, 3.05) is 31.5 Å². The predicted octanol–water partition coefficient (Wildman–Crippen LogP) is 2.75. The molecule has 2 N–H and O–H groups in total. The molecule has 1 saturated heterocycles. The molecule has 0 atom stereocenters. The summed E-state index contributed by atoms with van der Waals surface area (Å²) in [5.74, 6) is 0.194. The van der Waals surface area contributed by atoms with Gasteiger partial charge in [-0.2, -0.15) is 0 Å². The Balaban J connectivity index is 1.38. The Morgan fingerprint density at radius 2 is 1.80 bits per heavy atom. The summed E-state index contributed by atoms with van der Waals surface area (Å²) < 4.78 is 5.15. The zero-order valence-electron chi connectivity index (χ0n) is 13.6. The number of anilines is 1. The highest BCUT2D eigenvalue weighted by Crippen LogP contribution is 2.22. The molecule has 0 spiro atoms. The number of hydrogen-bond donors (Lipinski definition) is 2. The summed E-state index contributed by atoms with van der Waals surface area (Å²) in [6.07, 6.45) is 3.33. The van der Waals surface area contributed by atoms with Gasteiger partial charge in [0.1, 0.15) is 0 Å². The van der Waals surface area contributed by atoms with Gasteiger partial charge < -0.3 is 24.5 Å². The van der Waals surface area contributed by atoms with Gasteiger partial charge in [-0.15, -0.1) is 0 Å². The molecule has 0 aliphatic carbocycles. The van der Waals surface area contributed by atoms with Crippen LogP contribution in [-0.2, 0) is 0 Å². The van der Waals surface area contributed by atoms with E-state index in [9.17, 15) is 9.59 Å². The molecule has 3 aromatic rings. The monoisotopic (exact) mass is 338 g/mol. The number of benzene rings is 1. The van der Waals surface area contributed by atoms with Crippen molar-refractivity contribution >= 4 is 28.5 Å². The highest BCUT2D eigenvalue weighted by atomic mass is 16.3. The molecular weight excluding hydrogens is 320 g/mol. The van der Waals surface area contributed by atoms with E-state index in [-0.39, 0.29) is 11.9 Å². The van der Waals surface area contributed by atoms with Crippen LogP contribution in [0, 0.1) is 0 Å². The summed E-state index contributed by atoms with van der Waals surface area (Å²) in [6, 6.07) is 10.9. The van der Waals surface area contributed by atoms with Crippen molar-refractivity contribution in [3.8, 4) is 0 Å². The molecule has 7 nitrogen and oxygen atoms in total. The molecular formula is C18H18N4O3. The lowest BCUT2D eigenvalue weighted by Crippen LogP contribution is -2.51. The molecule has 0 unspecified atom stereocenters. The minimum Gasteiger partial charge on any atom is -0.459 e. The maximum Gasteiger partial charge on any atom is 0.321 e. The van der Waals surface area contributed by atoms with Crippen LogP contribution in [0.5, 0.6) is 0 Å². The molecule has 7 heteroatoms. The number of carbonyl (C=O) groups is 2. The molecule has 25 heavy (non-hydrogen) atoms. The number of piperazine rings is 1. The minimum absolute atomic E-state index is 0.137. The number of aromatic nitrogens is 1. The third-order valence-corrected chi connectivity index (χ3v) is 4.42. The van der Waals surface area contributed by atoms with E-state index >= 15 is 0 Å². The zero-order chi connectivity index (χ0) is 17.2. The zero-order valence-corrected chi connectivity index (χ0v) is 13.6. The summed E-state index contributed by atoms with van der Waals surface area (Å²) >= 11 is 0. The fourth-order valence-corrected chi connectivity index (χ4v) is 3.06. The molecule has 128 valence electrons. The van der Waals surface area contributed by atoms with Crippen LogP contribution < -0.4 is 5.32 Å². The highest BCUT2D eigenvalue weighted by Gasteiger charge is 2.26. The lowest BCUT2D eigenvalue weighted by Gasteiger charge is -2.34. The Labute approximate surface area is 144 Å². The Morgan fingerprint density at radius 1 is 1.00 bits per heavy atom. The van der Waals surface area contributed by atoms with Crippen LogP contribution in [0.15, 0.2) is 53.3 Å². The van der Waals surface area contributed by atoms with Crippen molar-refractivity contribution in [3.05, 3.63) is 54.6 Å². The Kier molecular flexibility index (Phi) is 3.89. The number of H-pyrrole nitrogens is 1. The van der Waals surface area contributed by atoms with E-state index in [4.69, 9.17) is 4.42 Å². The number of nitrogens with one attached hydrogen (secondary N) is 2. The number of fused-ring (bicyclic) bond motifs is 1. The normalized spacial score (nSPS) is 14.7. The maximum atomic E-state index is 12.5. The number of urea groups is 1. The predicted molar refractivity (Wildman–Crippen MR) is 93.5 cm³/mol. The largest absolute Gasteiger partial charge is 0.459 e. The third-order valence-electron chi connectivity index (χ3n) is 4.42. The Hall–Kier alpha value is -3.22. The SMILES string of the molecule is O=C(Nc1cccc2[nH]ccc12)N1CCN(C(=O)c2ccco2)CC1. The van der Waals surface area contributed by atoms with Gasteiger partial charge in [-0.25, -0.2) is 4.79 Å². The number of hydrogen-bond acceptors (Lipinski definition) is 3. The van der Waals surface area contributed by atoms with E-state index in [1.165, 1.54) is 6.26 Å². The molecule has 2 aromatic heterocycles. The molecule has 0 radical (unpaired) electrons. The van der Waals surface area contributed by atoms with Gasteiger partial charge in [-0.05, 0) is 30.3 Å². The van der Waals surface area contributed by atoms with Crippen LogP contribution in [0.3, 0.4) is 0 Å². The Morgan fingerprint density at radius 3 is 2.56 bits per heavy atom. The van der Waals surface area contributed by atoms with E-state index in [1.807, 2.05) is 30.5 Å². The number of amides is 3. The first kappa shape index (κ1) is 15.3. The van der Waals surface area contributed by atoms with Gasteiger partial charge >= 0.3 is 6.03 Å². The van der Waals surface area contributed by atoms with Crippen LogP contribution in [0.25, 0.3) is 10.9 Å². The molecule has 0 saturated carbocycles. The van der Waals surface area contributed by atoms with E-state index < -0.39 is 0 Å². The number of nitrogens with zero attached hydrogens (tertiary/aromatic N) is 2. The summed E-state index contributed by atoms with van der Waals surface area (Å²) in [4.78, 5) is 31.3. The fourth-order valence-electron chi connectivity index (χ4n) is 3.06. The van der Waals surface area contributed by atoms with Crippen molar-refractivity contribution in [1.82, 2.24) is 14.8 Å². The molecule has 1 aromatic carbocycles. The maximum absolute atomic E-state index is 12.5. The van der Waals surface area contributed by atoms with E-state index in [0.29, 0.717) is 31.9 Å². The van der Waals surface area contributed by atoms with Crippen molar-refractivity contribution in [1.29, 1.82) is 0 Å². The van der Waals surface area contributed by atoms with Crippen LogP contribution in [0.1, 0.15) is 10.6 Å². The number of aromatic amines is 1. The van der Waals surface area contributed by atoms with Gasteiger partial charge in [-0.3, -0.25) is 4.79 Å². The quantitative estimate of drug-likeness (QED) is 0.754. The van der Waals surface area contributed by atoms with Gasteiger partial charge in [0.15, 0.2) is 5.76 Å². The highest BCUT2D eigenvalue weighted by molar-refractivity contribution is 6.00. The number of furan rings is 1. The topological polar surface area (TPSA) is 81.6 Å². The third kappa shape index (κ3) is 2.96. The van der Waals surface area contributed by atoms with Crippen molar-refractivity contribution < 1.29 is 14.0 Å². The summed E-state index contributed by atoms with van der Waals surface area (Å²) in [6.45, 7) is 1.95. The molecule has 1 fully saturated rings. The lowest BCUT2D eigenvalue weighted by molar-refractivity contribution is 0.0640. The molecule has 3 amide bonds. The smallest absolute Gasteiger partial charge is 0.321 e. The van der Waals surface area contributed by atoms with Crippen LogP contribution in [0.4, 0.5) is 10.5 Å². The van der Waals surface area contributed by atoms with E-state index in [2.05, 4.69) is 10.3 Å². The minimum atomic E-state index is -0.154. The molecule has 3 heterocycles. The van der Waals surface area contributed by atoms with Gasteiger partial charge in [0, 0.05) is 43.3 Å². The van der Waals surface area contributed by atoms with Gasteiger partial charge in [-0.1, -0.05) is 6.07 Å². The average molecular weight is 338 g/mol. The summed E-state index contributed by atoms with van der Waals surface area (Å²) in [5, 5.41) is 3.93. The molecule has 0 bridgehead atoms. The van der Waals surface area contributed by atoms with Gasteiger partial charge in [0.05, 0.1) is 12.0 Å². The average Bonchev–Trinajstić information content (AvgIpc) is 3.33. The van der Waals surface area contributed by atoms with E-state index in [1.54, 1.807) is 21.9 Å². The van der Waals surface area contributed by atoms with Crippen molar-refractivity contribution in [2.45, 2.75) is 0 Å². The van der Waals surface area contributed by atoms with Crippen LogP contribution in [-0.4, -0.2) is 52.9 Å². The second-order valence-corrected chi connectivity index (χ2v) is 5.93. The van der Waals surface area contributed by atoms with Crippen molar-refractivity contribution in [2.24, 2.45) is 0 Å². The molecule has 4 rings (SSSR count). The van der Waals surface area contributed by atoms with Gasteiger partial charge in [0.2, 0.25) is 0 Å². The van der Waals surface area contributed by atoms with Crippen LogP contribution in [0.2, 0.25) is 0 Å². The Bertz CT molecular complexity index is 892. The summed E-state index contributed by atoms with van der Waals surface area (Å²) in [7, 11) is 0. The first-order valence-corrected chi connectivity index (χ1v) is 8.17. The van der Waals surface area contributed by atoms with Gasteiger partial charge in [0.25, 0.3) is 5.91 Å². The fraction of sp³-hybridized carbons (Fsp3) is 0.222. The standard InChI is InChI=1S/C18H18N4O3/c23-17(16-5-2-12-25-16)21-8-10-22(11-9-21)18(24)20-15-4-1-3-14-13(15)6-7-19-14/h1-7,12,19H,8-11H2,(H,20,24). The number of carbonyl (C=O) groups excluding carboxylic acids is 2. The lowest BCUT2D eigenvalue weighted by atomic mass is 10.2. The second kappa shape index (κ2) is 6.35. The first-order valence-electron chi connectivity index (χ1n) is 8.17. The van der Waals surface area contributed by atoms with E-state index in [0.717, 1.165) is 16.6 Å². The molecule has 1 aliphatic rings. The summed E-state index contributed by atoms with van der Waals surface area (Å²) in [5.41, 5.74) is 1.75. The second-order valence-electron chi connectivity index (χ2n) is 5.93. The first-order chi connectivity index (χ1) is 12.2. The number of rotatable bonds is 2. The van der Waals surface area contributed by atoms with Crippen LogP contribution >= 0.6 is 0 Å².